The Balaban J connectivity index is 1.28. The van der Waals surface area contributed by atoms with E-state index < -0.39 is 35.4 Å². The van der Waals surface area contributed by atoms with Crippen molar-refractivity contribution in [3.05, 3.63) is 46.2 Å². The molecule has 0 saturated carbocycles. The number of likely N-dealkylation sites (tertiary alicyclic amines) is 1. The van der Waals surface area contributed by atoms with Crippen molar-refractivity contribution < 1.29 is 24.2 Å². The van der Waals surface area contributed by atoms with E-state index in [9.17, 15) is 29.5 Å². The second-order valence-corrected chi connectivity index (χ2v) is 10.4. The van der Waals surface area contributed by atoms with Gasteiger partial charge in [-0.3, -0.25) is 9.59 Å². The molecule has 1 aromatic heterocycles. The fourth-order valence-electron chi connectivity index (χ4n) is 5.07. The smallest absolute Gasteiger partial charge is 0.255 e. The third-order valence-electron chi connectivity index (χ3n) is 7.22. The van der Waals surface area contributed by atoms with Crippen molar-refractivity contribution in [2.75, 3.05) is 31.1 Å². The summed E-state index contributed by atoms with van der Waals surface area (Å²) < 4.78 is 13.4. The average molecular weight is 516 g/mol. The first-order valence-electron chi connectivity index (χ1n) is 12.0. The minimum atomic E-state index is -1.88. The molecule has 0 spiro atoms. The highest BCUT2D eigenvalue weighted by molar-refractivity contribution is 7.09. The summed E-state index contributed by atoms with van der Waals surface area (Å²) >= 11 is 1.43. The van der Waals surface area contributed by atoms with Crippen molar-refractivity contribution in [1.29, 1.82) is 5.26 Å². The Bertz CT molecular complexity index is 1130. The van der Waals surface area contributed by atoms with Crippen LogP contribution in [0.25, 0.3) is 0 Å². The van der Waals surface area contributed by atoms with Crippen LogP contribution in [0.15, 0.2) is 29.8 Å². The molecule has 0 bridgehead atoms. The number of rotatable bonds is 7. The molecule has 3 heterocycles. The molecule has 0 radical (unpaired) electrons. The highest BCUT2D eigenvalue weighted by Gasteiger charge is 2.46. The van der Waals surface area contributed by atoms with E-state index in [-0.39, 0.29) is 11.5 Å². The van der Waals surface area contributed by atoms with Gasteiger partial charge in [-0.1, -0.05) is 0 Å². The van der Waals surface area contributed by atoms with Gasteiger partial charge in [0.15, 0.2) is 12.2 Å². The highest BCUT2D eigenvalue weighted by atomic mass is 32.1. The van der Waals surface area contributed by atoms with E-state index in [4.69, 9.17) is 0 Å². The van der Waals surface area contributed by atoms with Crippen LogP contribution in [0.5, 0.6) is 0 Å². The number of aliphatic hydroxyl groups is 2. The SMILES string of the molecule is C[C@]1(c2nccs2)CCCN1C(=O)[C@H](O)[C@@H](O)C(=O)NCC1CCN(c2ccc(F)cc2C#N)CC1. The van der Waals surface area contributed by atoms with Gasteiger partial charge in [0, 0.05) is 37.8 Å². The molecule has 3 atom stereocenters. The minimum Gasteiger partial charge on any atom is -0.380 e. The van der Waals surface area contributed by atoms with Gasteiger partial charge in [-0.05, 0) is 56.7 Å². The summed E-state index contributed by atoms with van der Waals surface area (Å²) in [6.07, 6.45) is 0.789. The van der Waals surface area contributed by atoms with E-state index in [0.29, 0.717) is 38.3 Å². The Morgan fingerprint density at radius 2 is 2.06 bits per heavy atom. The molecule has 4 rings (SSSR count). The Kier molecular flexibility index (Phi) is 7.88. The summed E-state index contributed by atoms with van der Waals surface area (Å²) in [6.45, 7) is 3.86. The van der Waals surface area contributed by atoms with Crippen molar-refractivity contribution >= 4 is 28.8 Å². The van der Waals surface area contributed by atoms with Gasteiger partial charge >= 0.3 is 0 Å². The predicted molar refractivity (Wildman–Crippen MR) is 131 cm³/mol. The summed E-state index contributed by atoms with van der Waals surface area (Å²) in [5.74, 6) is -1.81. The first kappa shape index (κ1) is 26.0. The predicted octanol–water partition coefficient (Wildman–Crippen LogP) is 1.75. The van der Waals surface area contributed by atoms with E-state index in [1.54, 1.807) is 12.3 Å². The van der Waals surface area contributed by atoms with Crippen molar-refractivity contribution in [3.63, 3.8) is 0 Å². The fraction of sp³-hybridized carbons (Fsp3) is 0.520. The number of anilines is 1. The monoisotopic (exact) mass is 515 g/mol. The number of amides is 2. The molecule has 0 unspecified atom stereocenters. The van der Waals surface area contributed by atoms with E-state index in [1.165, 1.54) is 28.4 Å². The van der Waals surface area contributed by atoms with Gasteiger partial charge in [-0.2, -0.15) is 5.26 Å². The molecule has 192 valence electrons. The number of aliphatic hydroxyl groups excluding tert-OH is 2. The molecule has 9 nitrogen and oxygen atoms in total. The summed E-state index contributed by atoms with van der Waals surface area (Å²) in [7, 11) is 0. The van der Waals surface area contributed by atoms with Crippen LogP contribution in [-0.2, 0) is 15.1 Å². The Labute approximate surface area is 213 Å². The van der Waals surface area contributed by atoms with Crippen LogP contribution in [0.2, 0.25) is 0 Å². The first-order chi connectivity index (χ1) is 17.2. The molecule has 3 N–H and O–H groups in total. The second kappa shape index (κ2) is 10.9. The van der Waals surface area contributed by atoms with Gasteiger partial charge in [0.25, 0.3) is 11.8 Å². The third kappa shape index (κ3) is 5.21. The molecule has 11 heteroatoms. The molecule has 2 aliphatic rings. The van der Waals surface area contributed by atoms with E-state index in [1.807, 2.05) is 23.3 Å². The third-order valence-corrected chi connectivity index (χ3v) is 8.25. The maximum Gasteiger partial charge on any atom is 0.255 e. The Morgan fingerprint density at radius 3 is 2.72 bits per heavy atom. The molecular weight excluding hydrogens is 485 g/mol. The lowest BCUT2D eigenvalue weighted by molar-refractivity contribution is -0.156. The van der Waals surface area contributed by atoms with Gasteiger partial charge in [-0.25, -0.2) is 9.37 Å². The number of nitriles is 1. The number of hydrogen-bond donors (Lipinski definition) is 3. The Hall–Kier alpha value is -3.07. The molecule has 2 amide bonds. The van der Waals surface area contributed by atoms with Crippen molar-refractivity contribution in [1.82, 2.24) is 15.2 Å². The zero-order chi connectivity index (χ0) is 25.9. The van der Waals surface area contributed by atoms with Gasteiger partial charge in [0.1, 0.15) is 16.9 Å². The number of halogens is 1. The van der Waals surface area contributed by atoms with E-state index in [0.717, 1.165) is 24.3 Å². The van der Waals surface area contributed by atoms with Crippen LogP contribution < -0.4 is 10.2 Å². The number of benzene rings is 1. The van der Waals surface area contributed by atoms with Crippen LogP contribution >= 0.6 is 11.3 Å². The molecule has 36 heavy (non-hydrogen) atoms. The fourth-order valence-corrected chi connectivity index (χ4v) is 5.91. The molecule has 2 saturated heterocycles. The zero-order valence-electron chi connectivity index (χ0n) is 20.1. The van der Waals surface area contributed by atoms with Crippen LogP contribution in [0.1, 0.15) is 43.2 Å². The number of nitrogens with one attached hydrogen (secondary N) is 1. The topological polar surface area (TPSA) is 130 Å². The van der Waals surface area contributed by atoms with Gasteiger partial charge < -0.3 is 25.3 Å². The van der Waals surface area contributed by atoms with Crippen molar-refractivity contribution in [2.45, 2.75) is 50.4 Å². The van der Waals surface area contributed by atoms with Crippen LogP contribution in [0.3, 0.4) is 0 Å². The number of carbonyl (C=O) groups is 2. The second-order valence-electron chi connectivity index (χ2n) is 9.54. The normalized spacial score (nSPS) is 22.2. The number of piperidine rings is 1. The quantitative estimate of drug-likeness (QED) is 0.512. The number of thiazole rings is 1. The van der Waals surface area contributed by atoms with Crippen LogP contribution in [0.4, 0.5) is 10.1 Å². The molecule has 2 aromatic rings. The van der Waals surface area contributed by atoms with Gasteiger partial charge in [-0.15, -0.1) is 11.3 Å². The number of aromatic nitrogens is 1. The average Bonchev–Trinajstić information content (AvgIpc) is 3.57. The molecular formula is C25H30FN5O4S. The molecule has 0 aliphatic carbocycles. The lowest BCUT2D eigenvalue weighted by Gasteiger charge is -2.35. The maximum atomic E-state index is 13.4. The van der Waals surface area contributed by atoms with Crippen LogP contribution in [0, 0.1) is 23.1 Å². The van der Waals surface area contributed by atoms with Crippen LogP contribution in [-0.4, -0.2) is 70.3 Å². The Morgan fingerprint density at radius 1 is 1.31 bits per heavy atom. The summed E-state index contributed by atoms with van der Waals surface area (Å²) in [6, 6.07) is 6.18. The highest BCUT2D eigenvalue weighted by Crippen LogP contribution is 2.40. The van der Waals surface area contributed by atoms with Gasteiger partial charge in [0.05, 0.1) is 16.8 Å². The molecule has 1 aromatic carbocycles. The summed E-state index contributed by atoms with van der Waals surface area (Å²) in [4.78, 5) is 33.4. The van der Waals surface area contributed by atoms with Crippen molar-refractivity contribution in [2.24, 2.45) is 5.92 Å². The zero-order valence-corrected chi connectivity index (χ0v) is 20.9. The summed E-state index contributed by atoms with van der Waals surface area (Å²) in [5, 5.41) is 35.5. The number of nitrogens with zero attached hydrogens (tertiary/aromatic N) is 4. The largest absolute Gasteiger partial charge is 0.380 e. The minimum absolute atomic E-state index is 0.128. The standard InChI is InChI=1S/C25H30FN5O4S/c1-25(24-28-8-12-36-24)7-2-9-31(25)23(35)21(33)20(32)22(34)29-15-16-5-10-30(11-6-16)19-4-3-18(26)13-17(19)14-27/h3-4,8,12-13,16,20-21,32-33H,2,5-7,9-11,15H2,1H3,(H,29,34)/t20-,21-,25-/m1/s1. The summed E-state index contributed by atoms with van der Waals surface area (Å²) in [5.41, 5.74) is 0.296. The lowest BCUT2D eigenvalue weighted by atomic mass is 9.95. The first-order valence-corrected chi connectivity index (χ1v) is 12.9. The van der Waals surface area contributed by atoms with Gasteiger partial charge in [0.2, 0.25) is 0 Å². The maximum absolute atomic E-state index is 13.4. The lowest BCUT2D eigenvalue weighted by Crippen LogP contribution is -2.54. The van der Waals surface area contributed by atoms with E-state index >= 15 is 0 Å². The molecule has 2 aliphatic heterocycles. The van der Waals surface area contributed by atoms with Crippen molar-refractivity contribution in [3.8, 4) is 6.07 Å². The number of hydrogen-bond acceptors (Lipinski definition) is 8. The molecule has 2 fully saturated rings. The van der Waals surface area contributed by atoms with E-state index in [2.05, 4.69) is 10.3 Å². The number of carbonyl (C=O) groups excluding carboxylic acids is 2.